The van der Waals surface area contributed by atoms with Gasteiger partial charge in [-0.15, -0.1) is 11.3 Å². The van der Waals surface area contributed by atoms with E-state index in [0.717, 1.165) is 37.9 Å². The van der Waals surface area contributed by atoms with Crippen molar-refractivity contribution in [3.8, 4) is 0 Å². The van der Waals surface area contributed by atoms with Crippen LogP contribution in [0.5, 0.6) is 0 Å². The number of aromatic nitrogens is 1. The van der Waals surface area contributed by atoms with Gasteiger partial charge in [-0.05, 0) is 13.0 Å². The zero-order chi connectivity index (χ0) is 13.8. The van der Waals surface area contributed by atoms with Crippen LogP contribution in [0, 0.1) is 0 Å². The van der Waals surface area contributed by atoms with Crippen molar-refractivity contribution >= 4 is 22.4 Å². The molecule has 1 aromatic rings. The highest BCUT2D eigenvalue weighted by atomic mass is 32.1. The second kappa shape index (κ2) is 6.31. The van der Waals surface area contributed by atoms with Crippen molar-refractivity contribution in [3.05, 3.63) is 11.1 Å². The van der Waals surface area contributed by atoms with E-state index in [1.807, 2.05) is 0 Å². The lowest BCUT2D eigenvalue weighted by atomic mass is 10.2. The molecule has 0 aromatic carbocycles. The molecule has 3 N–H and O–H groups in total. The quantitative estimate of drug-likeness (QED) is 0.830. The Hall–Kier alpha value is -1.18. The maximum atomic E-state index is 10.8. The highest BCUT2D eigenvalue weighted by molar-refractivity contribution is 7.13. The fourth-order valence-corrected chi connectivity index (χ4v) is 3.09. The van der Waals surface area contributed by atoms with Gasteiger partial charge in [0.15, 0.2) is 5.13 Å². The largest absolute Gasteiger partial charge is 0.480 e. The monoisotopic (exact) mass is 284 g/mol. The summed E-state index contributed by atoms with van der Waals surface area (Å²) in [5.74, 6) is -1.04. The molecule has 0 radical (unpaired) electrons. The molecule has 6 nitrogen and oxygen atoms in total. The molecule has 106 valence electrons. The lowest BCUT2D eigenvalue weighted by Gasteiger charge is -2.34. The SMILES string of the molecule is CCCN1CCN(c2nc(C(N)C(=O)O)cs2)CC1. The summed E-state index contributed by atoms with van der Waals surface area (Å²) >= 11 is 1.47. The number of carboxylic acids is 1. The van der Waals surface area contributed by atoms with Gasteiger partial charge >= 0.3 is 5.97 Å². The second-order valence-electron chi connectivity index (χ2n) is 4.70. The van der Waals surface area contributed by atoms with Crippen molar-refractivity contribution in [3.63, 3.8) is 0 Å². The molecule has 0 aliphatic carbocycles. The maximum absolute atomic E-state index is 10.8. The Morgan fingerprint density at radius 3 is 2.79 bits per heavy atom. The molecule has 1 atom stereocenters. The minimum Gasteiger partial charge on any atom is -0.480 e. The molecule has 0 bridgehead atoms. The van der Waals surface area contributed by atoms with Gasteiger partial charge in [-0.25, -0.2) is 4.98 Å². The van der Waals surface area contributed by atoms with Gasteiger partial charge in [0, 0.05) is 31.6 Å². The minimum absolute atomic E-state index is 0.448. The number of hydrogen-bond donors (Lipinski definition) is 2. The molecule has 2 heterocycles. The third-order valence-corrected chi connectivity index (χ3v) is 4.20. The van der Waals surface area contributed by atoms with Crippen LogP contribution in [0.4, 0.5) is 5.13 Å². The molecule has 1 aliphatic heterocycles. The normalized spacial score (nSPS) is 18.5. The number of thiazole rings is 1. The molecule has 1 fully saturated rings. The van der Waals surface area contributed by atoms with Crippen molar-refractivity contribution in [2.45, 2.75) is 19.4 Å². The molecular formula is C12H20N4O2S. The summed E-state index contributed by atoms with van der Waals surface area (Å²) in [6.45, 7) is 7.28. The first-order valence-electron chi connectivity index (χ1n) is 6.53. The van der Waals surface area contributed by atoms with Gasteiger partial charge in [0.1, 0.15) is 6.04 Å². The Balaban J connectivity index is 1.95. The molecule has 1 aliphatic rings. The van der Waals surface area contributed by atoms with Crippen LogP contribution in [-0.2, 0) is 4.79 Å². The first-order valence-corrected chi connectivity index (χ1v) is 7.41. The van der Waals surface area contributed by atoms with Gasteiger partial charge < -0.3 is 15.7 Å². The first-order chi connectivity index (χ1) is 9.11. The van der Waals surface area contributed by atoms with E-state index in [0.29, 0.717) is 5.69 Å². The molecule has 1 unspecified atom stereocenters. The van der Waals surface area contributed by atoms with Gasteiger partial charge in [0.25, 0.3) is 0 Å². The third kappa shape index (κ3) is 3.43. The molecule has 19 heavy (non-hydrogen) atoms. The number of hydrogen-bond acceptors (Lipinski definition) is 6. The average molecular weight is 284 g/mol. The van der Waals surface area contributed by atoms with Crippen LogP contribution in [0.15, 0.2) is 5.38 Å². The number of nitrogens with zero attached hydrogens (tertiary/aromatic N) is 3. The second-order valence-corrected chi connectivity index (χ2v) is 5.54. The van der Waals surface area contributed by atoms with E-state index in [2.05, 4.69) is 21.7 Å². The zero-order valence-electron chi connectivity index (χ0n) is 11.1. The van der Waals surface area contributed by atoms with Crippen LogP contribution >= 0.6 is 11.3 Å². The summed E-state index contributed by atoms with van der Waals surface area (Å²) in [5, 5.41) is 11.5. The summed E-state index contributed by atoms with van der Waals surface area (Å²) < 4.78 is 0. The van der Waals surface area contributed by atoms with E-state index in [1.54, 1.807) is 5.38 Å². The first kappa shape index (κ1) is 14.2. The fourth-order valence-electron chi connectivity index (χ4n) is 2.17. The molecule has 2 rings (SSSR count). The van der Waals surface area contributed by atoms with Gasteiger partial charge in [-0.1, -0.05) is 6.92 Å². The molecule has 0 amide bonds. The van der Waals surface area contributed by atoms with Crippen LogP contribution in [-0.4, -0.2) is 53.7 Å². The number of aliphatic carboxylic acids is 1. The summed E-state index contributed by atoms with van der Waals surface area (Å²) in [6, 6.07) is -1.02. The van der Waals surface area contributed by atoms with E-state index >= 15 is 0 Å². The van der Waals surface area contributed by atoms with Crippen molar-refractivity contribution < 1.29 is 9.90 Å². The van der Waals surface area contributed by atoms with Crippen LogP contribution < -0.4 is 10.6 Å². The Bertz CT molecular complexity index is 429. The van der Waals surface area contributed by atoms with Crippen LogP contribution in [0.25, 0.3) is 0 Å². The molecule has 0 saturated carbocycles. The molecular weight excluding hydrogens is 264 g/mol. The Morgan fingerprint density at radius 1 is 1.53 bits per heavy atom. The lowest BCUT2D eigenvalue weighted by molar-refractivity contribution is -0.138. The molecule has 7 heteroatoms. The molecule has 1 saturated heterocycles. The lowest BCUT2D eigenvalue weighted by Crippen LogP contribution is -2.46. The van der Waals surface area contributed by atoms with E-state index in [4.69, 9.17) is 10.8 Å². The number of rotatable bonds is 5. The van der Waals surface area contributed by atoms with Crippen molar-refractivity contribution in [1.29, 1.82) is 0 Å². The number of carbonyl (C=O) groups is 1. The fraction of sp³-hybridized carbons (Fsp3) is 0.667. The van der Waals surface area contributed by atoms with E-state index < -0.39 is 12.0 Å². The topological polar surface area (TPSA) is 82.7 Å². The summed E-state index contributed by atoms with van der Waals surface area (Å²) in [6.07, 6.45) is 1.18. The Morgan fingerprint density at radius 2 is 2.21 bits per heavy atom. The highest BCUT2D eigenvalue weighted by Gasteiger charge is 2.22. The minimum atomic E-state index is -1.04. The van der Waals surface area contributed by atoms with Crippen molar-refractivity contribution in [2.75, 3.05) is 37.6 Å². The maximum Gasteiger partial charge on any atom is 0.326 e. The van der Waals surface area contributed by atoms with E-state index in [1.165, 1.54) is 17.8 Å². The van der Waals surface area contributed by atoms with Gasteiger partial charge in [0.2, 0.25) is 0 Å². The highest BCUT2D eigenvalue weighted by Crippen LogP contribution is 2.24. The number of nitrogens with two attached hydrogens (primary N) is 1. The predicted octanol–water partition coefficient (Wildman–Crippen LogP) is 0.760. The van der Waals surface area contributed by atoms with Gasteiger partial charge in [0.05, 0.1) is 5.69 Å². The predicted molar refractivity (Wildman–Crippen MR) is 75.6 cm³/mol. The van der Waals surface area contributed by atoms with E-state index in [-0.39, 0.29) is 0 Å². The molecule has 1 aromatic heterocycles. The Labute approximate surface area is 116 Å². The average Bonchev–Trinajstić information content (AvgIpc) is 2.88. The Kier molecular flexibility index (Phi) is 4.73. The van der Waals surface area contributed by atoms with Crippen molar-refractivity contribution in [2.24, 2.45) is 5.73 Å². The number of carboxylic acid groups (broad SMARTS) is 1. The van der Waals surface area contributed by atoms with Gasteiger partial charge in [-0.2, -0.15) is 0 Å². The smallest absolute Gasteiger partial charge is 0.326 e. The van der Waals surface area contributed by atoms with Gasteiger partial charge in [-0.3, -0.25) is 9.69 Å². The molecule has 0 spiro atoms. The van der Waals surface area contributed by atoms with Crippen LogP contribution in [0.3, 0.4) is 0 Å². The van der Waals surface area contributed by atoms with Crippen LogP contribution in [0.1, 0.15) is 25.1 Å². The number of piperazine rings is 1. The zero-order valence-corrected chi connectivity index (χ0v) is 11.9. The summed E-state index contributed by atoms with van der Waals surface area (Å²) in [5.41, 5.74) is 6.01. The summed E-state index contributed by atoms with van der Waals surface area (Å²) in [4.78, 5) is 19.8. The standard InChI is InChI=1S/C12H20N4O2S/c1-2-3-15-4-6-16(7-5-15)12-14-9(8-19-12)10(13)11(17)18/h8,10H,2-7,13H2,1H3,(H,17,18). The number of anilines is 1. The van der Waals surface area contributed by atoms with E-state index in [9.17, 15) is 4.79 Å². The van der Waals surface area contributed by atoms with Crippen LogP contribution in [0.2, 0.25) is 0 Å². The third-order valence-electron chi connectivity index (χ3n) is 3.28. The van der Waals surface area contributed by atoms with Crippen molar-refractivity contribution in [1.82, 2.24) is 9.88 Å². The summed E-state index contributed by atoms with van der Waals surface area (Å²) in [7, 11) is 0.